The molecule has 3 nitrogen and oxygen atoms in total. The fraction of sp³-hybridized carbons (Fsp3) is 0.240. The van der Waals surface area contributed by atoms with Crippen molar-refractivity contribution in [2.45, 2.75) is 68.7 Å². The van der Waals surface area contributed by atoms with Crippen molar-refractivity contribution in [3.63, 3.8) is 0 Å². The molecule has 3 heteroatoms. The lowest BCUT2D eigenvalue weighted by Gasteiger charge is -2.47. The van der Waals surface area contributed by atoms with Crippen LogP contribution < -0.4 is 9.47 Å². The zero-order valence-electron chi connectivity index (χ0n) is 30.2. The van der Waals surface area contributed by atoms with Gasteiger partial charge in [0.25, 0.3) is 0 Å². The van der Waals surface area contributed by atoms with Crippen molar-refractivity contribution in [3.05, 3.63) is 195 Å². The maximum absolute atomic E-state index is 7.27. The van der Waals surface area contributed by atoms with Gasteiger partial charge in [0.2, 0.25) is 0 Å². The van der Waals surface area contributed by atoms with Crippen LogP contribution in [-0.2, 0) is 11.8 Å². The van der Waals surface area contributed by atoms with E-state index in [1.807, 2.05) is 0 Å². The van der Waals surface area contributed by atoms with E-state index in [1.54, 1.807) is 0 Å². The predicted molar refractivity (Wildman–Crippen MR) is 215 cm³/mol. The fourth-order valence-corrected chi connectivity index (χ4v) is 10.6. The van der Waals surface area contributed by atoms with Crippen molar-refractivity contribution in [2.75, 3.05) is 0 Å². The van der Waals surface area contributed by atoms with Crippen LogP contribution in [0.5, 0.6) is 17.2 Å². The van der Waals surface area contributed by atoms with Crippen molar-refractivity contribution < 1.29 is 9.47 Å². The first-order valence-electron chi connectivity index (χ1n) is 19.6. The molecule has 0 bridgehead atoms. The van der Waals surface area contributed by atoms with E-state index in [0.717, 1.165) is 61.5 Å². The Bertz CT molecular complexity index is 2460. The molecule has 53 heavy (non-hydrogen) atoms. The second-order valence-electron chi connectivity index (χ2n) is 15.7. The molecule has 5 unspecified atom stereocenters. The van der Waals surface area contributed by atoms with E-state index in [-0.39, 0.29) is 11.8 Å². The molecule has 5 atom stereocenters. The van der Waals surface area contributed by atoms with Crippen LogP contribution in [0.3, 0.4) is 0 Å². The molecule has 260 valence electrons. The van der Waals surface area contributed by atoms with Crippen molar-refractivity contribution >= 4 is 12.2 Å². The normalized spacial score (nSPS) is 26.7. The molecule has 5 aliphatic carbocycles. The van der Waals surface area contributed by atoms with Gasteiger partial charge in [-0.25, -0.2) is 0 Å². The molecule has 1 aromatic heterocycles. The third-order valence-electron chi connectivity index (χ3n) is 12.9. The van der Waals surface area contributed by atoms with Crippen LogP contribution in [0.15, 0.2) is 145 Å². The van der Waals surface area contributed by atoms with Crippen LogP contribution in [0, 0.1) is 5.92 Å². The van der Waals surface area contributed by atoms with E-state index in [4.69, 9.17) is 9.47 Å². The average molecular weight is 690 g/mol. The van der Waals surface area contributed by atoms with Gasteiger partial charge in [0.1, 0.15) is 23.0 Å². The first-order valence-corrected chi connectivity index (χ1v) is 19.6. The zero-order valence-corrected chi connectivity index (χ0v) is 30.2. The minimum atomic E-state index is -0.546. The molecule has 1 spiro atoms. The molecule has 0 saturated heterocycles. The highest BCUT2D eigenvalue weighted by molar-refractivity contribution is 5.77. The molecule has 4 aromatic rings. The summed E-state index contributed by atoms with van der Waals surface area (Å²) in [5.41, 5.74) is 12.7. The van der Waals surface area contributed by atoms with E-state index in [9.17, 15) is 0 Å². The first kappa shape index (κ1) is 31.0. The summed E-state index contributed by atoms with van der Waals surface area (Å²) in [6, 6.07) is 23.1. The molecule has 0 saturated carbocycles. The quantitative estimate of drug-likeness (QED) is 0.214. The maximum Gasteiger partial charge on any atom is 0.136 e. The van der Waals surface area contributed by atoms with Crippen LogP contribution in [0.4, 0.5) is 0 Å². The van der Waals surface area contributed by atoms with Gasteiger partial charge in [-0.05, 0) is 91.0 Å². The molecule has 0 radical (unpaired) electrons. The topological polar surface area (TPSA) is 23.4 Å². The van der Waals surface area contributed by atoms with E-state index < -0.39 is 5.41 Å². The van der Waals surface area contributed by atoms with Gasteiger partial charge in [-0.1, -0.05) is 128 Å². The van der Waals surface area contributed by atoms with E-state index in [1.165, 1.54) is 55.9 Å². The molecule has 3 heterocycles. The summed E-state index contributed by atoms with van der Waals surface area (Å²) in [4.78, 5) is 0. The molecule has 7 aliphatic rings. The number of fused-ring (bicyclic) bond motifs is 10. The van der Waals surface area contributed by atoms with Gasteiger partial charge in [-0.3, -0.25) is 0 Å². The lowest BCUT2D eigenvalue weighted by atomic mass is 9.59. The van der Waals surface area contributed by atoms with Crippen LogP contribution >= 0.6 is 0 Å². The highest BCUT2D eigenvalue weighted by Crippen LogP contribution is 2.63. The lowest BCUT2D eigenvalue weighted by molar-refractivity contribution is 0.364. The van der Waals surface area contributed by atoms with Gasteiger partial charge in [-0.15, -0.1) is 0 Å². The molecular formula is C50H43NO2. The maximum atomic E-state index is 7.27. The Balaban J connectivity index is 1.16. The van der Waals surface area contributed by atoms with Gasteiger partial charge < -0.3 is 14.0 Å². The highest BCUT2D eigenvalue weighted by atomic mass is 16.5. The molecule has 2 aliphatic heterocycles. The van der Waals surface area contributed by atoms with E-state index in [0.29, 0.717) is 12.0 Å². The van der Waals surface area contributed by atoms with Gasteiger partial charge in [0, 0.05) is 45.5 Å². The first-order chi connectivity index (χ1) is 26.2. The lowest BCUT2D eigenvalue weighted by Crippen LogP contribution is -2.39. The smallest absolute Gasteiger partial charge is 0.136 e. The Morgan fingerprint density at radius 3 is 2.42 bits per heavy atom. The van der Waals surface area contributed by atoms with Crippen LogP contribution in [0.2, 0.25) is 0 Å². The van der Waals surface area contributed by atoms with E-state index in [2.05, 4.69) is 157 Å². The SMILES string of the molecule is CC1C=Cc2c(c3c(n2C2C=CC=CC2)CCC=C3)C1c1cccc2c1Oc1ccccc1C21C2=C(C=CCC2)Oc2cc(C3C=CC=CC3)ccc21. The molecule has 0 amide bonds. The molecule has 3 aromatic carbocycles. The Hall–Kier alpha value is -5.54. The number of benzene rings is 3. The summed E-state index contributed by atoms with van der Waals surface area (Å²) in [6.45, 7) is 2.39. The minimum Gasteiger partial charge on any atom is -0.457 e. The highest BCUT2D eigenvalue weighted by Gasteiger charge is 2.52. The van der Waals surface area contributed by atoms with E-state index >= 15 is 0 Å². The number of allylic oxidation sites excluding steroid dienone is 13. The van der Waals surface area contributed by atoms with Crippen molar-refractivity contribution in [2.24, 2.45) is 5.92 Å². The number of nitrogens with zero attached hydrogens (tertiary/aromatic N) is 1. The number of para-hydroxylation sites is 2. The Kier molecular flexibility index (Phi) is 7.02. The minimum absolute atomic E-state index is 0.139. The molecule has 11 rings (SSSR count). The van der Waals surface area contributed by atoms with Crippen molar-refractivity contribution in [1.29, 1.82) is 0 Å². The monoisotopic (exact) mass is 689 g/mol. The summed E-state index contributed by atoms with van der Waals surface area (Å²) >= 11 is 0. The number of hydrogen-bond acceptors (Lipinski definition) is 2. The summed E-state index contributed by atoms with van der Waals surface area (Å²) in [6.07, 6.45) is 38.2. The van der Waals surface area contributed by atoms with Gasteiger partial charge >= 0.3 is 0 Å². The Morgan fingerprint density at radius 2 is 1.53 bits per heavy atom. The van der Waals surface area contributed by atoms with Crippen molar-refractivity contribution in [3.8, 4) is 17.2 Å². The van der Waals surface area contributed by atoms with Crippen LogP contribution in [-0.4, -0.2) is 4.57 Å². The van der Waals surface area contributed by atoms with Crippen molar-refractivity contribution in [1.82, 2.24) is 4.57 Å². The van der Waals surface area contributed by atoms with Gasteiger partial charge in [0.05, 0.1) is 11.5 Å². The largest absolute Gasteiger partial charge is 0.457 e. The number of aromatic nitrogens is 1. The molecular weight excluding hydrogens is 647 g/mol. The number of ether oxygens (including phenoxy) is 2. The average Bonchev–Trinajstić information content (AvgIpc) is 3.55. The molecule has 0 N–H and O–H groups in total. The third-order valence-corrected chi connectivity index (χ3v) is 12.9. The predicted octanol–water partition coefficient (Wildman–Crippen LogP) is 12.3. The summed E-state index contributed by atoms with van der Waals surface area (Å²) in [7, 11) is 0. The van der Waals surface area contributed by atoms with Gasteiger partial charge in [-0.2, -0.15) is 0 Å². The third kappa shape index (κ3) is 4.46. The standard InChI is InChI=1S/C50H43NO2/c1-32-27-30-43-48(36-19-8-11-24-42(36)51(43)35-17-6-3-7-18-35)47(32)37-20-14-23-41-49(37)53-45-26-13-10-22-39(45)50(41)38-21-9-12-25-44(38)52-46-31-34(28-29-40(46)50)33-15-4-2-5-16-33/h2-8,10,12-15,17,19-20,22-23,25-33,35,47H,9,11,16,18,21,24H2,1H3. The number of rotatable bonds is 3. The van der Waals surface area contributed by atoms with Crippen LogP contribution in [0.25, 0.3) is 12.2 Å². The summed E-state index contributed by atoms with van der Waals surface area (Å²) in [5, 5.41) is 0. The summed E-state index contributed by atoms with van der Waals surface area (Å²) in [5.74, 6) is 4.64. The van der Waals surface area contributed by atoms with Gasteiger partial charge in [0.15, 0.2) is 0 Å². The van der Waals surface area contributed by atoms with Crippen LogP contribution in [0.1, 0.15) is 107 Å². The second kappa shape index (κ2) is 12.0. The Labute approximate surface area is 312 Å². The summed E-state index contributed by atoms with van der Waals surface area (Å²) < 4.78 is 16.9. The Morgan fingerprint density at radius 1 is 0.698 bits per heavy atom. The fourth-order valence-electron chi connectivity index (χ4n) is 10.6. The molecule has 0 fully saturated rings. The number of hydrogen-bond donors (Lipinski definition) is 0. The second-order valence-corrected chi connectivity index (χ2v) is 15.7. The zero-order chi connectivity index (χ0) is 35.1.